The van der Waals surface area contributed by atoms with Crippen molar-refractivity contribution in [3.63, 3.8) is 0 Å². The number of ether oxygens (including phenoxy) is 1. The van der Waals surface area contributed by atoms with Gasteiger partial charge in [-0.3, -0.25) is 4.79 Å². The Morgan fingerprint density at radius 2 is 1.69 bits per heavy atom. The highest BCUT2D eigenvalue weighted by Gasteiger charge is 2.20. The number of aliphatic imine (C=N–C) groups is 1. The second kappa shape index (κ2) is 9.47. The molecule has 2 rings (SSSR count). The van der Waals surface area contributed by atoms with E-state index >= 15 is 0 Å². The van der Waals surface area contributed by atoms with E-state index < -0.39 is 29.9 Å². The Bertz CT molecular complexity index is 942. The minimum atomic E-state index is -1.57. The van der Waals surface area contributed by atoms with Crippen molar-refractivity contribution in [2.45, 2.75) is 39.2 Å². The van der Waals surface area contributed by atoms with Crippen LogP contribution >= 0.6 is 11.6 Å². The molecule has 0 bridgehead atoms. The maximum atomic E-state index is 12.0. The topological polar surface area (TPSA) is 93.0 Å². The van der Waals surface area contributed by atoms with E-state index in [-0.39, 0.29) is 12.1 Å². The Morgan fingerprint density at radius 1 is 1.03 bits per heavy atom. The maximum Gasteiger partial charge on any atom is 0.434 e. The summed E-state index contributed by atoms with van der Waals surface area (Å²) in [5, 5.41) is 9.50. The van der Waals surface area contributed by atoms with E-state index in [1.54, 1.807) is 26.8 Å². The molecule has 0 aromatic heterocycles. The summed E-state index contributed by atoms with van der Waals surface area (Å²) < 4.78 is 5.14. The number of Topliss-reactive ketones (excluding diaryl/α,β-unsaturated/α-hetero) is 1. The zero-order valence-electron chi connectivity index (χ0n) is 16.4. The number of ketones is 1. The van der Waals surface area contributed by atoms with E-state index in [1.807, 2.05) is 42.5 Å². The smallest absolute Gasteiger partial charge is 0.434 e. The van der Waals surface area contributed by atoms with Crippen LogP contribution in [0.4, 0.5) is 4.79 Å². The Hall–Kier alpha value is -2.99. The third-order valence-electron chi connectivity index (χ3n) is 3.77. The number of hydrogen-bond acceptors (Lipinski definition) is 4. The first-order valence-corrected chi connectivity index (χ1v) is 9.32. The predicted octanol–water partition coefficient (Wildman–Crippen LogP) is 4.97. The molecule has 0 fully saturated rings. The van der Waals surface area contributed by atoms with Crippen molar-refractivity contribution in [3.05, 3.63) is 59.1 Å². The van der Waals surface area contributed by atoms with Crippen LogP contribution < -0.4 is 0 Å². The molecule has 1 amide bonds. The van der Waals surface area contributed by atoms with Gasteiger partial charge in [0.15, 0.2) is 0 Å². The highest BCUT2D eigenvalue weighted by molar-refractivity contribution is 6.37. The number of carbonyl (C=O) groups excluding carboxylic acids is 2. The number of aliphatic carboxylic acids is 1. The summed E-state index contributed by atoms with van der Waals surface area (Å²) in [7, 11) is 0. The largest absolute Gasteiger partial charge is 0.475 e. The van der Waals surface area contributed by atoms with Crippen LogP contribution in [-0.2, 0) is 20.7 Å². The van der Waals surface area contributed by atoms with Crippen LogP contribution in [0.3, 0.4) is 0 Å². The van der Waals surface area contributed by atoms with E-state index in [1.165, 1.54) is 0 Å². The van der Waals surface area contributed by atoms with Crippen molar-refractivity contribution in [2.24, 2.45) is 4.99 Å². The summed E-state index contributed by atoms with van der Waals surface area (Å²) in [5.41, 5.74) is 2.05. The number of halogens is 1. The van der Waals surface area contributed by atoms with Gasteiger partial charge < -0.3 is 9.84 Å². The Labute approximate surface area is 174 Å². The summed E-state index contributed by atoms with van der Waals surface area (Å²) in [6.45, 7) is 5.07. The number of nitrogens with zero attached hydrogens (tertiary/aromatic N) is 1. The van der Waals surface area contributed by atoms with E-state index in [4.69, 9.17) is 21.4 Å². The fourth-order valence-corrected chi connectivity index (χ4v) is 2.73. The number of amides is 1. The summed E-state index contributed by atoms with van der Waals surface area (Å²) in [4.78, 5) is 38.4. The molecular formula is C22H22ClNO5. The molecule has 0 atom stereocenters. The lowest BCUT2D eigenvalue weighted by Gasteiger charge is -2.17. The first-order chi connectivity index (χ1) is 13.5. The number of carboxylic acid groups (broad SMARTS) is 1. The van der Waals surface area contributed by atoms with Gasteiger partial charge in [-0.15, -0.1) is 0 Å². The van der Waals surface area contributed by atoms with Crippen LogP contribution in [0.15, 0.2) is 53.5 Å². The molecule has 0 aliphatic rings. The Morgan fingerprint density at radius 3 is 2.24 bits per heavy atom. The van der Waals surface area contributed by atoms with Gasteiger partial charge in [-0.2, -0.15) is 4.99 Å². The van der Waals surface area contributed by atoms with Gasteiger partial charge in [0.2, 0.25) is 5.78 Å². The van der Waals surface area contributed by atoms with Crippen molar-refractivity contribution in [2.75, 3.05) is 0 Å². The normalized spacial score (nSPS) is 11.8. The van der Waals surface area contributed by atoms with Crippen molar-refractivity contribution in [1.82, 2.24) is 0 Å². The van der Waals surface area contributed by atoms with Crippen LogP contribution in [0, 0.1) is 0 Å². The van der Waals surface area contributed by atoms with Gasteiger partial charge in [0.25, 0.3) is 0 Å². The molecule has 2 aromatic carbocycles. The van der Waals surface area contributed by atoms with Gasteiger partial charge in [-0.25, -0.2) is 9.59 Å². The zero-order chi connectivity index (χ0) is 21.6. The molecule has 152 valence electrons. The zero-order valence-corrected chi connectivity index (χ0v) is 17.2. The minimum absolute atomic E-state index is 0.127. The second-order valence-corrected chi connectivity index (χ2v) is 7.88. The number of benzene rings is 2. The quantitative estimate of drug-likeness (QED) is 0.531. The van der Waals surface area contributed by atoms with Crippen LogP contribution in [0.5, 0.6) is 0 Å². The summed E-state index contributed by atoms with van der Waals surface area (Å²) >= 11 is 6.02. The lowest BCUT2D eigenvalue weighted by Crippen LogP contribution is -2.24. The van der Waals surface area contributed by atoms with Gasteiger partial charge in [-0.05, 0) is 49.6 Å². The van der Waals surface area contributed by atoms with Crippen molar-refractivity contribution in [1.29, 1.82) is 0 Å². The number of hydrogen-bond donors (Lipinski definition) is 1. The fraction of sp³-hybridized carbons (Fsp3) is 0.273. The van der Waals surface area contributed by atoms with Crippen LogP contribution in [0.25, 0.3) is 11.1 Å². The van der Waals surface area contributed by atoms with Gasteiger partial charge in [0.1, 0.15) is 5.60 Å². The van der Waals surface area contributed by atoms with E-state index in [2.05, 4.69) is 4.99 Å². The number of rotatable bonds is 6. The third kappa shape index (κ3) is 7.50. The average molecular weight is 416 g/mol. The van der Waals surface area contributed by atoms with E-state index in [0.717, 1.165) is 16.7 Å². The lowest BCUT2D eigenvalue weighted by molar-refractivity contribution is -0.148. The van der Waals surface area contributed by atoms with Crippen LogP contribution in [-0.4, -0.2) is 34.3 Å². The molecule has 29 heavy (non-hydrogen) atoms. The monoisotopic (exact) mass is 415 g/mol. The lowest BCUT2D eigenvalue weighted by atomic mass is 10.00. The van der Waals surface area contributed by atoms with Gasteiger partial charge in [0, 0.05) is 17.2 Å². The van der Waals surface area contributed by atoms with E-state index in [9.17, 15) is 14.4 Å². The molecule has 0 spiro atoms. The fourth-order valence-electron chi connectivity index (χ4n) is 2.54. The molecular weight excluding hydrogens is 394 g/mol. The van der Waals surface area contributed by atoms with Crippen LogP contribution in [0.2, 0.25) is 5.02 Å². The Kier molecular flexibility index (Phi) is 7.29. The molecule has 0 unspecified atom stereocenters. The maximum absolute atomic E-state index is 12.0. The molecule has 0 saturated carbocycles. The molecule has 2 aromatic rings. The molecule has 6 nitrogen and oxygen atoms in total. The van der Waals surface area contributed by atoms with Crippen molar-refractivity contribution < 1.29 is 24.2 Å². The Balaban J connectivity index is 2.22. The second-order valence-electron chi connectivity index (χ2n) is 7.45. The average Bonchev–Trinajstić information content (AvgIpc) is 2.60. The molecule has 0 radical (unpaired) electrons. The summed E-state index contributed by atoms with van der Waals surface area (Å²) in [5.74, 6) is -2.61. The summed E-state index contributed by atoms with van der Waals surface area (Å²) in [6.07, 6.45) is -1.18. The van der Waals surface area contributed by atoms with Gasteiger partial charge >= 0.3 is 12.1 Å². The van der Waals surface area contributed by atoms with Crippen LogP contribution in [0.1, 0.15) is 32.8 Å². The summed E-state index contributed by atoms with van der Waals surface area (Å²) in [6, 6.07) is 14.8. The van der Waals surface area contributed by atoms with Gasteiger partial charge in [0.05, 0.1) is 6.42 Å². The third-order valence-corrected chi connectivity index (χ3v) is 4.00. The molecule has 7 heteroatoms. The first kappa shape index (κ1) is 22.3. The predicted molar refractivity (Wildman–Crippen MR) is 112 cm³/mol. The van der Waals surface area contributed by atoms with Crippen molar-refractivity contribution >= 4 is 35.2 Å². The van der Waals surface area contributed by atoms with Gasteiger partial charge in [-0.1, -0.05) is 48.0 Å². The molecule has 0 aliphatic carbocycles. The standard InChI is InChI=1S/C22H22ClNO5/c1-22(2,3)29-21(28)24-18(13-19(25)20(26)27)11-14-7-9-15(10-8-14)16-5-4-6-17(23)12-16/h4-10,12H,11,13H2,1-3H3,(H,26,27). The number of carboxylic acids is 1. The number of carbonyl (C=O) groups is 3. The molecule has 0 heterocycles. The highest BCUT2D eigenvalue weighted by Crippen LogP contribution is 2.23. The van der Waals surface area contributed by atoms with Crippen molar-refractivity contribution in [3.8, 4) is 11.1 Å². The molecule has 1 N–H and O–H groups in total. The molecule has 0 aliphatic heterocycles. The minimum Gasteiger partial charge on any atom is -0.475 e. The first-order valence-electron chi connectivity index (χ1n) is 8.94. The molecule has 0 saturated heterocycles. The SMILES string of the molecule is CC(C)(C)OC(=O)N=C(CC(=O)C(=O)O)Cc1ccc(-c2cccc(Cl)c2)cc1. The van der Waals surface area contributed by atoms with E-state index in [0.29, 0.717) is 5.02 Å². The highest BCUT2D eigenvalue weighted by atomic mass is 35.5.